The summed E-state index contributed by atoms with van der Waals surface area (Å²) in [5, 5.41) is 19.8. The molecule has 0 fully saturated rings. The Labute approximate surface area is 140 Å². The van der Waals surface area contributed by atoms with Gasteiger partial charge >= 0.3 is 5.69 Å². The first-order valence-electron chi connectivity index (χ1n) is 7.69. The highest BCUT2D eigenvalue weighted by atomic mass is 16.6. The molecular weight excluding hydrogens is 310 g/mol. The van der Waals surface area contributed by atoms with Gasteiger partial charge in [0.2, 0.25) is 5.69 Å². The van der Waals surface area contributed by atoms with E-state index in [4.69, 9.17) is 0 Å². The molecule has 0 aliphatic heterocycles. The lowest BCUT2D eigenvalue weighted by Crippen LogP contribution is -2.28. The van der Waals surface area contributed by atoms with Crippen molar-refractivity contribution in [2.75, 3.05) is 20.1 Å². The van der Waals surface area contributed by atoms with E-state index < -0.39 is 10.8 Å². The van der Waals surface area contributed by atoms with Gasteiger partial charge in [-0.3, -0.25) is 20.0 Å². The number of H-pyrrole nitrogens is 1. The van der Waals surface area contributed by atoms with Crippen LogP contribution < -0.4 is 5.32 Å². The summed E-state index contributed by atoms with van der Waals surface area (Å²) < 4.78 is 0. The molecule has 0 spiro atoms. The largest absolute Gasteiger partial charge is 0.350 e. The monoisotopic (exact) mass is 331 g/mol. The minimum atomic E-state index is -0.596. The highest BCUT2D eigenvalue weighted by molar-refractivity contribution is 5.96. The summed E-state index contributed by atoms with van der Waals surface area (Å²) in [5.41, 5.74) is 1.06. The maximum absolute atomic E-state index is 12.0. The van der Waals surface area contributed by atoms with Gasteiger partial charge in [0.15, 0.2) is 0 Å². The predicted molar refractivity (Wildman–Crippen MR) is 89.7 cm³/mol. The van der Waals surface area contributed by atoms with Gasteiger partial charge in [0, 0.05) is 13.1 Å². The van der Waals surface area contributed by atoms with Crippen molar-refractivity contribution in [3.63, 3.8) is 0 Å². The average molecular weight is 331 g/mol. The molecule has 8 nitrogen and oxygen atoms in total. The highest BCUT2D eigenvalue weighted by Crippen LogP contribution is 2.19. The number of benzene rings is 1. The third-order valence-electron chi connectivity index (χ3n) is 3.61. The van der Waals surface area contributed by atoms with Crippen LogP contribution in [0.4, 0.5) is 5.69 Å². The van der Waals surface area contributed by atoms with Crippen LogP contribution in [0.2, 0.25) is 0 Å². The van der Waals surface area contributed by atoms with E-state index in [9.17, 15) is 14.9 Å². The van der Waals surface area contributed by atoms with Crippen LogP contribution in [0.3, 0.4) is 0 Å². The fraction of sp³-hybridized carbons (Fsp3) is 0.375. The molecule has 24 heavy (non-hydrogen) atoms. The van der Waals surface area contributed by atoms with Crippen LogP contribution in [0.25, 0.3) is 0 Å². The molecular formula is C16H21N5O3. The molecule has 0 atom stereocenters. The Bertz CT molecular complexity index is 699. The summed E-state index contributed by atoms with van der Waals surface area (Å²) >= 11 is 0. The van der Waals surface area contributed by atoms with Gasteiger partial charge in [0.1, 0.15) is 5.69 Å². The van der Waals surface area contributed by atoms with Crippen LogP contribution in [0, 0.1) is 17.0 Å². The second kappa shape index (κ2) is 8.21. The second-order valence-electron chi connectivity index (χ2n) is 5.64. The Kier molecular flexibility index (Phi) is 6.02. The predicted octanol–water partition coefficient (Wildman–Crippen LogP) is 1.88. The summed E-state index contributed by atoms with van der Waals surface area (Å²) in [6, 6.07) is 10.1. The van der Waals surface area contributed by atoms with Crippen molar-refractivity contribution in [3.8, 4) is 0 Å². The smallest absolute Gasteiger partial charge is 0.322 e. The summed E-state index contributed by atoms with van der Waals surface area (Å²) in [6.45, 7) is 3.58. The van der Waals surface area contributed by atoms with E-state index >= 15 is 0 Å². The molecule has 128 valence electrons. The minimum Gasteiger partial charge on any atom is -0.350 e. The second-order valence-corrected chi connectivity index (χ2v) is 5.64. The number of carbonyl (C=O) groups excluding carboxylic acids is 1. The first-order chi connectivity index (χ1) is 11.5. The number of aryl methyl sites for hydroxylation is 1. The van der Waals surface area contributed by atoms with Crippen molar-refractivity contribution in [1.82, 2.24) is 20.4 Å². The third-order valence-corrected chi connectivity index (χ3v) is 3.61. The van der Waals surface area contributed by atoms with Crippen molar-refractivity contribution < 1.29 is 9.72 Å². The van der Waals surface area contributed by atoms with E-state index in [-0.39, 0.29) is 17.1 Å². The maximum Gasteiger partial charge on any atom is 0.322 e. The molecule has 8 heteroatoms. The Morgan fingerprint density at radius 3 is 2.75 bits per heavy atom. The number of carbonyl (C=O) groups is 1. The van der Waals surface area contributed by atoms with Crippen LogP contribution in [-0.2, 0) is 6.54 Å². The topological polar surface area (TPSA) is 104 Å². The standard InChI is InChI=1S/C16H21N5O3/c1-12-15(21(23)24)14(19-18-12)16(22)17-9-6-10-20(2)11-13-7-4-3-5-8-13/h3-5,7-8H,6,9-11H2,1-2H3,(H,17,22)(H,18,19). The number of aromatic nitrogens is 2. The molecule has 0 radical (unpaired) electrons. The average Bonchev–Trinajstić information content (AvgIpc) is 2.94. The van der Waals surface area contributed by atoms with Crippen LogP contribution in [0.5, 0.6) is 0 Å². The number of nitrogens with one attached hydrogen (secondary N) is 2. The number of aromatic amines is 1. The van der Waals surface area contributed by atoms with Crippen LogP contribution in [0.15, 0.2) is 30.3 Å². The number of amides is 1. The Morgan fingerprint density at radius 2 is 2.08 bits per heavy atom. The lowest BCUT2D eigenvalue weighted by Gasteiger charge is -2.16. The Balaban J connectivity index is 1.76. The summed E-state index contributed by atoms with van der Waals surface area (Å²) in [5.74, 6) is -0.531. The van der Waals surface area contributed by atoms with Gasteiger partial charge in [-0.2, -0.15) is 5.10 Å². The molecule has 2 rings (SSSR count). The lowest BCUT2D eigenvalue weighted by atomic mass is 10.2. The van der Waals surface area contributed by atoms with Gasteiger partial charge < -0.3 is 10.2 Å². The molecule has 0 bridgehead atoms. The molecule has 1 amide bonds. The zero-order valence-corrected chi connectivity index (χ0v) is 13.8. The van der Waals surface area contributed by atoms with Gasteiger partial charge in [0.25, 0.3) is 5.91 Å². The van der Waals surface area contributed by atoms with Gasteiger partial charge in [-0.05, 0) is 32.5 Å². The van der Waals surface area contributed by atoms with Gasteiger partial charge in [-0.15, -0.1) is 0 Å². The third kappa shape index (κ3) is 4.63. The summed E-state index contributed by atoms with van der Waals surface area (Å²) in [6.07, 6.45) is 0.742. The van der Waals surface area contributed by atoms with E-state index in [0.29, 0.717) is 6.54 Å². The molecule has 0 aliphatic carbocycles. The van der Waals surface area contributed by atoms with Gasteiger partial charge in [-0.25, -0.2) is 0 Å². The minimum absolute atomic E-state index is 0.171. The van der Waals surface area contributed by atoms with Crippen molar-refractivity contribution in [2.45, 2.75) is 19.9 Å². The van der Waals surface area contributed by atoms with Crippen molar-refractivity contribution in [3.05, 3.63) is 57.4 Å². The van der Waals surface area contributed by atoms with E-state index in [2.05, 4.69) is 32.5 Å². The lowest BCUT2D eigenvalue weighted by molar-refractivity contribution is -0.385. The molecule has 0 aliphatic rings. The molecule has 1 heterocycles. The highest BCUT2D eigenvalue weighted by Gasteiger charge is 2.26. The fourth-order valence-electron chi connectivity index (χ4n) is 2.41. The van der Waals surface area contributed by atoms with Crippen molar-refractivity contribution in [2.24, 2.45) is 0 Å². The van der Waals surface area contributed by atoms with E-state index in [1.807, 2.05) is 25.2 Å². The molecule has 2 N–H and O–H groups in total. The summed E-state index contributed by atoms with van der Waals surface area (Å²) in [7, 11) is 2.01. The van der Waals surface area contributed by atoms with Crippen molar-refractivity contribution in [1.29, 1.82) is 0 Å². The van der Waals surface area contributed by atoms with E-state index in [1.54, 1.807) is 0 Å². The summed E-state index contributed by atoms with van der Waals surface area (Å²) in [4.78, 5) is 24.5. The van der Waals surface area contributed by atoms with E-state index in [0.717, 1.165) is 19.5 Å². The van der Waals surface area contributed by atoms with E-state index in [1.165, 1.54) is 12.5 Å². The first-order valence-corrected chi connectivity index (χ1v) is 7.69. The SMILES string of the molecule is Cc1[nH]nc(C(=O)NCCCN(C)Cc2ccccc2)c1[N+](=O)[O-]. The Hall–Kier alpha value is -2.74. The molecule has 0 saturated heterocycles. The number of hydrogen-bond acceptors (Lipinski definition) is 5. The molecule has 0 saturated carbocycles. The maximum atomic E-state index is 12.0. The molecule has 0 unspecified atom stereocenters. The number of hydrogen-bond donors (Lipinski definition) is 2. The molecule has 1 aromatic heterocycles. The number of nitrogens with zero attached hydrogens (tertiary/aromatic N) is 3. The quantitative estimate of drug-likeness (QED) is 0.436. The van der Waals surface area contributed by atoms with Gasteiger partial charge in [0.05, 0.1) is 4.92 Å². The number of nitro groups is 1. The normalized spacial score (nSPS) is 10.8. The first kappa shape index (κ1) is 17.6. The van der Waals surface area contributed by atoms with Crippen LogP contribution >= 0.6 is 0 Å². The zero-order chi connectivity index (χ0) is 17.5. The van der Waals surface area contributed by atoms with Crippen LogP contribution in [0.1, 0.15) is 28.2 Å². The van der Waals surface area contributed by atoms with Crippen LogP contribution in [-0.4, -0.2) is 46.1 Å². The fourth-order valence-corrected chi connectivity index (χ4v) is 2.41. The van der Waals surface area contributed by atoms with Crippen molar-refractivity contribution >= 4 is 11.6 Å². The Morgan fingerprint density at radius 1 is 1.38 bits per heavy atom. The number of rotatable bonds is 8. The molecule has 2 aromatic rings. The zero-order valence-electron chi connectivity index (χ0n) is 13.8. The molecule has 1 aromatic carbocycles. The van der Waals surface area contributed by atoms with Gasteiger partial charge in [-0.1, -0.05) is 30.3 Å².